The molecule has 1 aromatic rings. The van der Waals surface area contributed by atoms with E-state index in [0.717, 1.165) is 5.56 Å². The van der Waals surface area contributed by atoms with Crippen LogP contribution in [0.5, 0.6) is 0 Å². The SMILES string of the molecule is CC(NCC(C)(O)CN(C)C)c1cncc(F)c1. The van der Waals surface area contributed by atoms with Crippen LogP contribution in [0.2, 0.25) is 0 Å². The zero-order valence-electron chi connectivity index (χ0n) is 11.4. The van der Waals surface area contributed by atoms with Crippen LogP contribution in [0.15, 0.2) is 18.5 Å². The van der Waals surface area contributed by atoms with Gasteiger partial charge in [0.15, 0.2) is 0 Å². The van der Waals surface area contributed by atoms with Crippen molar-refractivity contribution in [2.75, 3.05) is 27.2 Å². The summed E-state index contributed by atoms with van der Waals surface area (Å²) in [5, 5.41) is 13.3. The first kappa shape index (κ1) is 15.0. The molecule has 0 aliphatic rings. The quantitative estimate of drug-likeness (QED) is 0.801. The van der Waals surface area contributed by atoms with E-state index in [0.29, 0.717) is 13.1 Å². The highest BCUT2D eigenvalue weighted by atomic mass is 19.1. The van der Waals surface area contributed by atoms with Gasteiger partial charge < -0.3 is 15.3 Å². The minimum atomic E-state index is -0.821. The normalized spacial score (nSPS) is 16.6. The topological polar surface area (TPSA) is 48.4 Å². The molecule has 0 saturated heterocycles. The van der Waals surface area contributed by atoms with Crippen LogP contribution in [0.3, 0.4) is 0 Å². The van der Waals surface area contributed by atoms with Crippen LogP contribution in [-0.2, 0) is 0 Å². The first-order valence-corrected chi connectivity index (χ1v) is 6.01. The lowest BCUT2D eigenvalue weighted by atomic mass is 10.1. The number of pyridine rings is 1. The van der Waals surface area contributed by atoms with Gasteiger partial charge in [0.25, 0.3) is 0 Å². The van der Waals surface area contributed by atoms with Crippen LogP contribution in [0.25, 0.3) is 0 Å². The Bertz CT molecular complexity index is 382. The average Bonchev–Trinajstić information content (AvgIpc) is 2.24. The number of aliphatic hydroxyl groups is 1. The molecular formula is C13H22FN3O. The van der Waals surface area contributed by atoms with Gasteiger partial charge >= 0.3 is 0 Å². The Balaban J connectivity index is 2.53. The van der Waals surface area contributed by atoms with E-state index in [-0.39, 0.29) is 11.9 Å². The zero-order valence-corrected chi connectivity index (χ0v) is 11.4. The van der Waals surface area contributed by atoms with E-state index < -0.39 is 5.60 Å². The fourth-order valence-corrected chi connectivity index (χ4v) is 1.89. The van der Waals surface area contributed by atoms with Crippen LogP contribution in [0.4, 0.5) is 4.39 Å². The minimum absolute atomic E-state index is 0.0539. The molecule has 18 heavy (non-hydrogen) atoms. The van der Waals surface area contributed by atoms with E-state index in [1.54, 1.807) is 13.1 Å². The van der Waals surface area contributed by atoms with Crippen LogP contribution >= 0.6 is 0 Å². The molecule has 0 saturated carbocycles. The molecule has 2 unspecified atom stereocenters. The number of rotatable bonds is 6. The Morgan fingerprint density at radius 1 is 1.50 bits per heavy atom. The molecule has 4 nitrogen and oxygen atoms in total. The molecule has 0 spiro atoms. The van der Waals surface area contributed by atoms with E-state index in [1.165, 1.54) is 12.3 Å². The second kappa shape index (κ2) is 6.22. The van der Waals surface area contributed by atoms with E-state index in [1.807, 2.05) is 25.9 Å². The summed E-state index contributed by atoms with van der Waals surface area (Å²) >= 11 is 0. The molecule has 1 heterocycles. The number of hydrogen-bond donors (Lipinski definition) is 2. The first-order chi connectivity index (χ1) is 8.30. The van der Waals surface area contributed by atoms with Crippen molar-refractivity contribution in [3.05, 3.63) is 29.8 Å². The van der Waals surface area contributed by atoms with Crippen molar-refractivity contribution in [3.8, 4) is 0 Å². The van der Waals surface area contributed by atoms with Crippen molar-refractivity contribution in [1.82, 2.24) is 15.2 Å². The van der Waals surface area contributed by atoms with Gasteiger partial charge in [-0.3, -0.25) is 4.98 Å². The molecule has 0 amide bonds. The van der Waals surface area contributed by atoms with Crippen molar-refractivity contribution < 1.29 is 9.50 Å². The van der Waals surface area contributed by atoms with Crippen LogP contribution in [-0.4, -0.2) is 47.8 Å². The van der Waals surface area contributed by atoms with Crippen molar-refractivity contribution in [3.63, 3.8) is 0 Å². The standard InChI is InChI=1S/C13H22FN3O/c1-10(11-5-12(14)7-15-6-11)16-8-13(2,18)9-17(3)4/h5-7,10,16,18H,8-9H2,1-4H3. The lowest BCUT2D eigenvalue weighted by Crippen LogP contribution is -2.46. The molecule has 1 aromatic heterocycles. The second-order valence-corrected chi connectivity index (χ2v) is 5.27. The Morgan fingerprint density at radius 2 is 2.17 bits per heavy atom. The Labute approximate surface area is 108 Å². The van der Waals surface area contributed by atoms with Gasteiger partial charge in [0.1, 0.15) is 5.82 Å². The number of likely N-dealkylation sites (N-methyl/N-ethyl adjacent to an activating group) is 1. The fourth-order valence-electron chi connectivity index (χ4n) is 1.89. The monoisotopic (exact) mass is 255 g/mol. The third kappa shape index (κ3) is 5.08. The summed E-state index contributed by atoms with van der Waals surface area (Å²) in [6, 6.07) is 1.40. The van der Waals surface area contributed by atoms with E-state index >= 15 is 0 Å². The third-order valence-electron chi connectivity index (χ3n) is 2.67. The predicted molar refractivity (Wildman–Crippen MR) is 69.8 cm³/mol. The van der Waals surface area contributed by atoms with Crippen LogP contribution < -0.4 is 5.32 Å². The third-order valence-corrected chi connectivity index (χ3v) is 2.67. The molecule has 0 aliphatic heterocycles. The molecule has 0 bridgehead atoms. The summed E-state index contributed by atoms with van der Waals surface area (Å²) in [7, 11) is 3.82. The minimum Gasteiger partial charge on any atom is -0.388 e. The summed E-state index contributed by atoms with van der Waals surface area (Å²) < 4.78 is 13.0. The summed E-state index contributed by atoms with van der Waals surface area (Å²) in [6.07, 6.45) is 2.81. The summed E-state index contributed by atoms with van der Waals surface area (Å²) in [6.45, 7) is 4.69. The molecule has 2 N–H and O–H groups in total. The molecule has 0 aromatic carbocycles. The number of hydrogen-bond acceptors (Lipinski definition) is 4. The lowest BCUT2D eigenvalue weighted by molar-refractivity contribution is 0.0317. The van der Waals surface area contributed by atoms with Crippen molar-refractivity contribution in [2.24, 2.45) is 0 Å². The molecule has 0 fully saturated rings. The number of nitrogens with zero attached hydrogens (tertiary/aromatic N) is 2. The molecule has 5 heteroatoms. The van der Waals surface area contributed by atoms with Gasteiger partial charge in [0, 0.05) is 25.3 Å². The molecule has 2 atom stereocenters. The van der Waals surface area contributed by atoms with E-state index in [4.69, 9.17) is 0 Å². The largest absolute Gasteiger partial charge is 0.388 e. The average molecular weight is 255 g/mol. The van der Waals surface area contributed by atoms with Gasteiger partial charge in [-0.2, -0.15) is 0 Å². The summed E-state index contributed by atoms with van der Waals surface area (Å²) in [5.41, 5.74) is -0.0472. The highest BCUT2D eigenvalue weighted by molar-refractivity contribution is 5.14. The molecule has 0 radical (unpaired) electrons. The van der Waals surface area contributed by atoms with Gasteiger partial charge in [-0.25, -0.2) is 4.39 Å². The Kier molecular flexibility index (Phi) is 5.19. The van der Waals surface area contributed by atoms with Gasteiger partial charge in [0.2, 0.25) is 0 Å². The van der Waals surface area contributed by atoms with E-state index in [9.17, 15) is 9.50 Å². The van der Waals surface area contributed by atoms with Crippen LogP contribution in [0, 0.1) is 5.82 Å². The van der Waals surface area contributed by atoms with Gasteiger partial charge in [-0.1, -0.05) is 0 Å². The maximum Gasteiger partial charge on any atom is 0.141 e. The fraction of sp³-hybridized carbons (Fsp3) is 0.615. The molecule has 102 valence electrons. The first-order valence-electron chi connectivity index (χ1n) is 6.01. The Morgan fingerprint density at radius 3 is 2.72 bits per heavy atom. The summed E-state index contributed by atoms with van der Waals surface area (Å²) in [4.78, 5) is 5.74. The maximum atomic E-state index is 13.0. The maximum absolute atomic E-state index is 13.0. The highest BCUT2D eigenvalue weighted by Gasteiger charge is 2.22. The highest BCUT2D eigenvalue weighted by Crippen LogP contribution is 2.13. The smallest absolute Gasteiger partial charge is 0.141 e. The molecule has 0 aliphatic carbocycles. The van der Waals surface area contributed by atoms with Gasteiger partial charge in [0.05, 0.1) is 11.8 Å². The predicted octanol–water partition coefficient (Wildman–Crippen LogP) is 1.18. The van der Waals surface area contributed by atoms with Crippen LogP contribution in [0.1, 0.15) is 25.5 Å². The lowest BCUT2D eigenvalue weighted by Gasteiger charge is -2.28. The van der Waals surface area contributed by atoms with Crippen molar-refractivity contribution in [1.29, 1.82) is 0 Å². The number of nitrogens with one attached hydrogen (secondary N) is 1. The second-order valence-electron chi connectivity index (χ2n) is 5.27. The Hall–Kier alpha value is -1.04. The zero-order chi connectivity index (χ0) is 13.8. The van der Waals surface area contributed by atoms with Gasteiger partial charge in [-0.15, -0.1) is 0 Å². The number of halogens is 1. The number of aromatic nitrogens is 1. The molecule has 1 rings (SSSR count). The van der Waals surface area contributed by atoms with Crippen molar-refractivity contribution in [2.45, 2.75) is 25.5 Å². The van der Waals surface area contributed by atoms with E-state index in [2.05, 4.69) is 10.3 Å². The van der Waals surface area contributed by atoms with Crippen molar-refractivity contribution >= 4 is 0 Å². The van der Waals surface area contributed by atoms with Gasteiger partial charge in [-0.05, 0) is 39.6 Å². The molecular weight excluding hydrogens is 233 g/mol. The summed E-state index contributed by atoms with van der Waals surface area (Å²) in [5.74, 6) is -0.346.